The fourth-order valence-corrected chi connectivity index (χ4v) is 1.59. The first-order valence-electron chi connectivity index (χ1n) is 6.26. The van der Waals surface area contributed by atoms with E-state index in [1.807, 2.05) is 26.0 Å². The minimum atomic E-state index is -0.442. The highest BCUT2D eigenvalue weighted by molar-refractivity contribution is 5.94. The van der Waals surface area contributed by atoms with Crippen LogP contribution in [0.5, 0.6) is 0 Å². The molecule has 96 valence electrons. The van der Waals surface area contributed by atoms with Crippen LogP contribution in [0.1, 0.15) is 49.5 Å². The van der Waals surface area contributed by atoms with Crippen molar-refractivity contribution >= 4 is 5.91 Å². The summed E-state index contributed by atoms with van der Waals surface area (Å²) < 4.78 is 0. The van der Waals surface area contributed by atoms with Gasteiger partial charge in [-0.2, -0.15) is 5.26 Å². The SMILES string of the molecule is CC(C)c1ccc(C(=O)NC(C#N)C(C)C)cc1. The van der Waals surface area contributed by atoms with E-state index in [-0.39, 0.29) is 11.8 Å². The van der Waals surface area contributed by atoms with Crippen LogP contribution in [0.3, 0.4) is 0 Å². The molecular weight excluding hydrogens is 224 g/mol. The van der Waals surface area contributed by atoms with Gasteiger partial charge in [0.1, 0.15) is 6.04 Å². The maximum Gasteiger partial charge on any atom is 0.252 e. The Hall–Kier alpha value is -1.82. The molecular formula is C15H20N2O. The van der Waals surface area contributed by atoms with E-state index in [4.69, 9.17) is 5.26 Å². The number of amides is 1. The summed E-state index contributed by atoms with van der Waals surface area (Å²) in [5, 5.41) is 11.7. The van der Waals surface area contributed by atoms with Gasteiger partial charge in [-0.3, -0.25) is 4.79 Å². The lowest BCUT2D eigenvalue weighted by Gasteiger charge is -2.15. The number of carbonyl (C=O) groups excluding carboxylic acids is 1. The van der Waals surface area contributed by atoms with Crippen LogP contribution in [0, 0.1) is 17.2 Å². The van der Waals surface area contributed by atoms with Crippen LogP contribution in [0.25, 0.3) is 0 Å². The summed E-state index contributed by atoms with van der Waals surface area (Å²) >= 11 is 0. The molecule has 0 aliphatic carbocycles. The second-order valence-corrected chi connectivity index (χ2v) is 5.10. The first-order valence-corrected chi connectivity index (χ1v) is 6.26. The molecule has 0 saturated carbocycles. The largest absolute Gasteiger partial charge is 0.336 e. The van der Waals surface area contributed by atoms with Gasteiger partial charge in [0.05, 0.1) is 6.07 Å². The highest BCUT2D eigenvalue weighted by Gasteiger charge is 2.16. The third kappa shape index (κ3) is 3.59. The molecule has 0 saturated heterocycles. The molecule has 0 bridgehead atoms. The van der Waals surface area contributed by atoms with Crippen LogP contribution in [0.4, 0.5) is 0 Å². The molecule has 0 fully saturated rings. The quantitative estimate of drug-likeness (QED) is 0.884. The van der Waals surface area contributed by atoms with Gasteiger partial charge in [-0.15, -0.1) is 0 Å². The highest BCUT2D eigenvalue weighted by atomic mass is 16.1. The Morgan fingerprint density at radius 1 is 1.17 bits per heavy atom. The minimum absolute atomic E-state index is 0.105. The molecule has 1 aromatic rings. The molecule has 1 N–H and O–H groups in total. The molecule has 1 amide bonds. The fraction of sp³-hybridized carbons (Fsp3) is 0.467. The number of nitrogens with one attached hydrogen (secondary N) is 1. The summed E-state index contributed by atoms with van der Waals surface area (Å²) in [6.07, 6.45) is 0. The average Bonchev–Trinajstić information content (AvgIpc) is 2.35. The molecule has 1 rings (SSSR count). The molecule has 3 heteroatoms. The Morgan fingerprint density at radius 3 is 2.11 bits per heavy atom. The minimum Gasteiger partial charge on any atom is -0.336 e. The van der Waals surface area contributed by atoms with E-state index in [0.29, 0.717) is 11.5 Å². The molecule has 3 nitrogen and oxygen atoms in total. The van der Waals surface area contributed by atoms with E-state index in [1.54, 1.807) is 12.1 Å². The molecule has 1 atom stereocenters. The molecule has 0 spiro atoms. The number of hydrogen-bond donors (Lipinski definition) is 1. The second-order valence-electron chi connectivity index (χ2n) is 5.10. The Balaban J connectivity index is 2.76. The van der Waals surface area contributed by atoms with E-state index in [2.05, 4.69) is 25.2 Å². The van der Waals surface area contributed by atoms with Crippen molar-refractivity contribution in [1.29, 1.82) is 5.26 Å². The van der Waals surface area contributed by atoms with E-state index in [1.165, 1.54) is 5.56 Å². The Morgan fingerprint density at radius 2 is 1.72 bits per heavy atom. The lowest BCUT2D eigenvalue weighted by Crippen LogP contribution is -2.37. The summed E-state index contributed by atoms with van der Waals surface area (Å²) in [4.78, 5) is 11.9. The summed E-state index contributed by atoms with van der Waals surface area (Å²) in [6.45, 7) is 8.05. The third-order valence-corrected chi connectivity index (χ3v) is 2.93. The lowest BCUT2D eigenvalue weighted by atomic mass is 10.0. The predicted octanol–water partition coefficient (Wildman–Crippen LogP) is 3.09. The zero-order valence-electron chi connectivity index (χ0n) is 11.4. The maximum absolute atomic E-state index is 11.9. The number of rotatable bonds is 4. The van der Waals surface area contributed by atoms with Crippen molar-refractivity contribution in [2.45, 2.75) is 39.7 Å². The van der Waals surface area contributed by atoms with Gasteiger partial charge in [-0.1, -0.05) is 39.8 Å². The van der Waals surface area contributed by atoms with E-state index in [0.717, 1.165) is 0 Å². The molecule has 0 aromatic heterocycles. The van der Waals surface area contributed by atoms with Crippen molar-refractivity contribution in [1.82, 2.24) is 5.32 Å². The topological polar surface area (TPSA) is 52.9 Å². The number of carbonyl (C=O) groups is 1. The molecule has 0 aliphatic rings. The van der Waals surface area contributed by atoms with Gasteiger partial charge in [0.2, 0.25) is 0 Å². The summed E-state index contributed by atoms with van der Waals surface area (Å²) in [7, 11) is 0. The van der Waals surface area contributed by atoms with Crippen LogP contribution < -0.4 is 5.32 Å². The van der Waals surface area contributed by atoms with Crippen molar-refractivity contribution < 1.29 is 4.79 Å². The monoisotopic (exact) mass is 244 g/mol. The average molecular weight is 244 g/mol. The smallest absolute Gasteiger partial charge is 0.252 e. The van der Waals surface area contributed by atoms with Gasteiger partial charge in [0.15, 0.2) is 0 Å². The summed E-state index contributed by atoms with van der Waals surface area (Å²) in [5.41, 5.74) is 1.80. The van der Waals surface area contributed by atoms with E-state index in [9.17, 15) is 4.79 Å². The van der Waals surface area contributed by atoms with Gasteiger partial charge in [0.25, 0.3) is 5.91 Å². The third-order valence-electron chi connectivity index (χ3n) is 2.93. The molecule has 1 unspecified atom stereocenters. The molecule has 0 heterocycles. The standard InChI is InChI=1S/C15H20N2O/c1-10(2)12-5-7-13(8-6-12)15(18)17-14(9-16)11(3)4/h5-8,10-11,14H,1-4H3,(H,17,18). The van der Waals surface area contributed by atoms with Crippen LogP contribution in [-0.2, 0) is 0 Å². The van der Waals surface area contributed by atoms with Gasteiger partial charge < -0.3 is 5.32 Å². The molecule has 18 heavy (non-hydrogen) atoms. The molecule has 1 aromatic carbocycles. The molecule has 0 radical (unpaired) electrons. The van der Waals surface area contributed by atoms with Crippen molar-refractivity contribution in [2.24, 2.45) is 5.92 Å². The fourth-order valence-electron chi connectivity index (χ4n) is 1.59. The molecule has 0 aliphatic heterocycles. The number of benzene rings is 1. The van der Waals surface area contributed by atoms with Crippen LogP contribution in [0.2, 0.25) is 0 Å². The van der Waals surface area contributed by atoms with E-state index >= 15 is 0 Å². The Bertz CT molecular complexity index is 441. The normalized spacial score (nSPS) is 12.3. The van der Waals surface area contributed by atoms with E-state index < -0.39 is 6.04 Å². The van der Waals surface area contributed by atoms with Crippen molar-refractivity contribution in [2.75, 3.05) is 0 Å². The van der Waals surface area contributed by atoms with Gasteiger partial charge >= 0.3 is 0 Å². The van der Waals surface area contributed by atoms with Gasteiger partial charge in [-0.25, -0.2) is 0 Å². The van der Waals surface area contributed by atoms with Crippen LogP contribution in [-0.4, -0.2) is 11.9 Å². The van der Waals surface area contributed by atoms with Gasteiger partial charge in [0, 0.05) is 5.56 Å². The highest BCUT2D eigenvalue weighted by Crippen LogP contribution is 2.14. The second kappa shape index (κ2) is 6.20. The summed E-state index contributed by atoms with van der Waals surface area (Å²) in [5.74, 6) is 0.365. The predicted molar refractivity (Wildman–Crippen MR) is 72.2 cm³/mol. The van der Waals surface area contributed by atoms with Crippen molar-refractivity contribution in [3.63, 3.8) is 0 Å². The number of hydrogen-bond acceptors (Lipinski definition) is 2. The Kier molecular flexibility index (Phi) is 4.91. The Labute approximate surface area is 109 Å². The lowest BCUT2D eigenvalue weighted by molar-refractivity contribution is 0.0937. The number of nitriles is 1. The van der Waals surface area contributed by atoms with Gasteiger partial charge in [-0.05, 0) is 29.5 Å². The van der Waals surface area contributed by atoms with Crippen LogP contribution in [0.15, 0.2) is 24.3 Å². The first kappa shape index (κ1) is 14.2. The van der Waals surface area contributed by atoms with Crippen molar-refractivity contribution in [3.8, 4) is 6.07 Å². The first-order chi connectivity index (χ1) is 8.45. The zero-order chi connectivity index (χ0) is 13.7. The number of nitrogens with zero attached hydrogens (tertiary/aromatic N) is 1. The zero-order valence-corrected chi connectivity index (χ0v) is 11.4. The summed E-state index contributed by atoms with van der Waals surface area (Å²) in [6, 6.07) is 9.18. The maximum atomic E-state index is 11.9. The van der Waals surface area contributed by atoms with Crippen molar-refractivity contribution in [3.05, 3.63) is 35.4 Å². The van der Waals surface area contributed by atoms with Crippen LogP contribution >= 0.6 is 0 Å².